The Labute approximate surface area is 99.0 Å². The topological polar surface area (TPSA) is 20.2 Å². The molecule has 0 aromatic carbocycles. The van der Waals surface area contributed by atoms with Crippen LogP contribution >= 0.6 is 11.8 Å². The van der Waals surface area contributed by atoms with Crippen molar-refractivity contribution in [1.29, 1.82) is 0 Å². The van der Waals surface area contributed by atoms with Gasteiger partial charge in [-0.25, -0.2) is 0 Å². The largest absolute Gasteiger partial charge is 0.389 e. The minimum Gasteiger partial charge on any atom is -0.389 e. The fourth-order valence-electron chi connectivity index (χ4n) is 2.36. The highest BCUT2D eigenvalue weighted by Crippen LogP contribution is 2.37. The van der Waals surface area contributed by atoms with Crippen molar-refractivity contribution in [3.8, 4) is 0 Å². The lowest BCUT2D eigenvalue weighted by molar-refractivity contribution is 0.0519. The molecule has 1 rings (SSSR count). The predicted molar refractivity (Wildman–Crippen MR) is 69.5 cm³/mol. The normalized spacial score (nSPS) is 31.0. The summed E-state index contributed by atoms with van der Waals surface area (Å²) < 4.78 is 0. The molecule has 1 aliphatic heterocycles. The standard InChI is InChI=1S/C13H26OS/c1-3-4-5-6-7-8-9-13(14)10-12(2)15-11-13/h12,14H,3-11H2,1-2H3. The SMILES string of the molecule is CCCCCCCCC1(O)CSC(C)C1. The first kappa shape index (κ1) is 13.4. The summed E-state index contributed by atoms with van der Waals surface area (Å²) in [5.41, 5.74) is -0.325. The third-order valence-corrected chi connectivity index (χ3v) is 4.74. The van der Waals surface area contributed by atoms with E-state index >= 15 is 0 Å². The molecule has 2 unspecified atom stereocenters. The quantitative estimate of drug-likeness (QED) is 0.667. The van der Waals surface area contributed by atoms with Crippen molar-refractivity contribution < 1.29 is 5.11 Å². The molecule has 0 radical (unpaired) electrons. The van der Waals surface area contributed by atoms with Gasteiger partial charge in [0.05, 0.1) is 5.60 Å². The van der Waals surface area contributed by atoms with Crippen molar-refractivity contribution in [2.45, 2.75) is 76.1 Å². The van der Waals surface area contributed by atoms with Gasteiger partial charge in [0.25, 0.3) is 0 Å². The second-order valence-electron chi connectivity index (χ2n) is 5.07. The van der Waals surface area contributed by atoms with Crippen LogP contribution < -0.4 is 0 Å². The molecule has 0 aromatic heterocycles. The van der Waals surface area contributed by atoms with E-state index in [4.69, 9.17) is 0 Å². The van der Waals surface area contributed by atoms with E-state index in [1.807, 2.05) is 11.8 Å². The van der Waals surface area contributed by atoms with Crippen molar-refractivity contribution >= 4 is 11.8 Å². The average Bonchev–Trinajstić information content (AvgIpc) is 2.53. The zero-order valence-corrected chi connectivity index (χ0v) is 11.1. The van der Waals surface area contributed by atoms with Gasteiger partial charge in [-0.2, -0.15) is 11.8 Å². The van der Waals surface area contributed by atoms with Gasteiger partial charge in [-0.3, -0.25) is 0 Å². The molecule has 90 valence electrons. The summed E-state index contributed by atoms with van der Waals surface area (Å²) in [7, 11) is 0. The van der Waals surface area contributed by atoms with Gasteiger partial charge in [-0.15, -0.1) is 0 Å². The lowest BCUT2D eigenvalue weighted by atomic mass is 9.93. The van der Waals surface area contributed by atoms with Gasteiger partial charge in [0.15, 0.2) is 0 Å². The van der Waals surface area contributed by atoms with Crippen molar-refractivity contribution in [2.24, 2.45) is 0 Å². The van der Waals surface area contributed by atoms with Crippen LogP contribution in [0.3, 0.4) is 0 Å². The molecule has 15 heavy (non-hydrogen) atoms. The maximum atomic E-state index is 10.2. The van der Waals surface area contributed by atoms with E-state index in [0.29, 0.717) is 5.25 Å². The van der Waals surface area contributed by atoms with Gasteiger partial charge >= 0.3 is 0 Å². The van der Waals surface area contributed by atoms with Gasteiger partial charge in [-0.05, 0) is 12.8 Å². The van der Waals surface area contributed by atoms with Gasteiger partial charge in [-0.1, -0.05) is 52.4 Å². The summed E-state index contributed by atoms with van der Waals surface area (Å²) in [5, 5.41) is 10.9. The Morgan fingerprint density at radius 3 is 2.47 bits per heavy atom. The molecule has 1 saturated heterocycles. The van der Waals surface area contributed by atoms with E-state index < -0.39 is 0 Å². The molecule has 0 aromatic rings. The molecule has 2 atom stereocenters. The number of rotatable bonds is 7. The van der Waals surface area contributed by atoms with Crippen LogP contribution in [0.5, 0.6) is 0 Å². The Morgan fingerprint density at radius 1 is 1.20 bits per heavy atom. The molecule has 0 bridgehead atoms. The third kappa shape index (κ3) is 5.26. The summed E-state index contributed by atoms with van der Waals surface area (Å²) >= 11 is 1.93. The van der Waals surface area contributed by atoms with Gasteiger partial charge in [0.2, 0.25) is 0 Å². The Bertz CT molecular complexity index is 172. The minimum atomic E-state index is -0.325. The maximum Gasteiger partial charge on any atom is 0.0748 e. The van der Waals surface area contributed by atoms with E-state index in [0.717, 1.165) is 18.6 Å². The molecule has 1 aliphatic rings. The van der Waals surface area contributed by atoms with E-state index in [1.54, 1.807) is 0 Å². The highest BCUT2D eigenvalue weighted by molar-refractivity contribution is 8.00. The van der Waals surface area contributed by atoms with Gasteiger partial charge < -0.3 is 5.11 Å². The zero-order chi connectivity index (χ0) is 11.1. The fraction of sp³-hybridized carbons (Fsp3) is 1.00. The molecule has 1 heterocycles. The average molecular weight is 230 g/mol. The van der Waals surface area contributed by atoms with Gasteiger partial charge in [0.1, 0.15) is 0 Å². The van der Waals surface area contributed by atoms with Crippen molar-refractivity contribution in [1.82, 2.24) is 0 Å². The highest BCUT2D eigenvalue weighted by atomic mass is 32.2. The van der Waals surface area contributed by atoms with Gasteiger partial charge in [0, 0.05) is 11.0 Å². The van der Waals surface area contributed by atoms with Crippen LogP contribution in [0.15, 0.2) is 0 Å². The number of thioether (sulfide) groups is 1. The number of aliphatic hydroxyl groups is 1. The van der Waals surface area contributed by atoms with Crippen LogP contribution in [0.25, 0.3) is 0 Å². The van der Waals surface area contributed by atoms with Crippen molar-refractivity contribution in [3.63, 3.8) is 0 Å². The van der Waals surface area contributed by atoms with Crippen LogP contribution in [0.1, 0.15) is 65.2 Å². The molecule has 0 amide bonds. The smallest absolute Gasteiger partial charge is 0.0748 e. The Morgan fingerprint density at radius 2 is 1.87 bits per heavy atom. The number of hydrogen-bond donors (Lipinski definition) is 1. The molecule has 0 saturated carbocycles. The van der Waals surface area contributed by atoms with Crippen LogP contribution in [0.2, 0.25) is 0 Å². The lowest BCUT2D eigenvalue weighted by Gasteiger charge is -2.21. The molecule has 1 nitrogen and oxygen atoms in total. The first-order chi connectivity index (χ1) is 7.16. The monoisotopic (exact) mass is 230 g/mol. The van der Waals surface area contributed by atoms with Crippen LogP contribution in [0.4, 0.5) is 0 Å². The third-order valence-electron chi connectivity index (χ3n) is 3.30. The second-order valence-corrected chi connectivity index (χ2v) is 6.49. The minimum absolute atomic E-state index is 0.325. The number of hydrogen-bond acceptors (Lipinski definition) is 2. The van der Waals surface area contributed by atoms with Crippen LogP contribution in [-0.2, 0) is 0 Å². The molecule has 0 spiro atoms. The van der Waals surface area contributed by atoms with E-state index in [9.17, 15) is 5.11 Å². The molecule has 0 aliphatic carbocycles. The Kier molecular flexibility index (Phi) is 6.06. The number of unbranched alkanes of at least 4 members (excludes halogenated alkanes) is 5. The maximum absolute atomic E-state index is 10.2. The summed E-state index contributed by atoms with van der Waals surface area (Å²) in [4.78, 5) is 0. The van der Waals surface area contributed by atoms with E-state index in [1.165, 1.54) is 38.5 Å². The molecular weight excluding hydrogens is 204 g/mol. The first-order valence-corrected chi connectivity index (χ1v) is 7.55. The summed E-state index contributed by atoms with van der Waals surface area (Å²) in [5.74, 6) is 0.961. The lowest BCUT2D eigenvalue weighted by Crippen LogP contribution is -2.28. The van der Waals surface area contributed by atoms with Crippen molar-refractivity contribution in [2.75, 3.05) is 5.75 Å². The van der Waals surface area contributed by atoms with Crippen molar-refractivity contribution in [3.05, 3.63) is 0 Å². The molecule has 1 fully saturated rings. The van der Waals surface area contributed by atoms with E-state index in [-0.39, 0.29) is 5.60 Å². The Balaban J connectivity index is 2.00. The second kappa shape index (κ2) is 6.80. The van der Waals surface area contributed by atoms with E-state index in [2.05, 4.69) is 13.8 Å². The first-order valence-electron chi connectivity index (χ1n) is 6.50. The van der Waals surface area contributed by atoms with Crippen LogP contribution in [0, 0.1) is 0 Å². The molecule has 1 N–H and O–H groups in total. The zero-order valence-electron chi connectivity index (χ0n) is 10.3. The Hall–Kier alpha value is 0.310. The summed E-state index contributed by atoms with van der Waals surface area (Å²) in [6.07, 6.45) is 9.97. The highest BCUT2D eigenvalue weighted by Gasteiger charge is 2.34. The molecular formula is C13H26OS. The predicted octanol–water partition coefficient (Wildman–Crippen LogP) is 3.99. The molecule has 2 heteroatoms. The fourth-order valence-corrected chi connectivity index (χ4v) is 3.64. The summed E-state index contributed by atoms with van der Waals surface area (Å²) in [6, 6.07) is 0. The summed E-state index contributed by atoms with van der Waals surface area (Å²) in [6.45, 7) is 4.48. The van der Waals surface area contributed by atoms with Crippen LogP contribution in [-0.4, -0.2) is 21.7 Å².